The number of fused-ring (bicyclic) bond motifs is 6. The van der Waals surface area contributed by atoms with Crippen LogP contribution in [-0.2, 0) is 0 Å². The fourth-order valence-electron chi connectivity index (χ4n) is 11.3. The molecule has 0 atom stereocenters. The summed E-state index contributed by atoms with van der Waals surface area (Å²) in [7, 11) is 201. The Kier molecular flexibility index (Phi) is 15.8. The van der Waals surface area contributed by atoms with Gasteiger partial charge in [-0.25, -0.2) is 0 Å². The summed E-state index contributed by atoms with van der Waals surface area (Å²) in [5.74, 6) is 0. The molecule has 10 aromatic carbocycles. The Balaban J connectivity index is 1.32. The largest absolute Gasteiger partial charge is 0.312 e. The smallest absolute Gasteiger partial charge is 0.115 e. The van der Waals surface area contributed by atoms with Crippen molar-refractivity contribution in [1.82, 2.24) is 0 Å². The first-order valence-corrected chi connectivity index (χ1v) is 24.5. The molecule has 31 heteroatoms. The molecule has 0 aromatic heterocycles. The van der Waals surface area contributed by atoms with E-state index in [4.69, 9.17) is 235 Å². The molecule has 0 N–H and O–H groups in total. The first kappa shape index (κ1) is 61.1. The van der Waals surface area contributed by atoms with Gasteiger partial charge in [0.2, 0.25) is 0 Å². The van der Waals surface area contributed by atoms with E-state index >= 15 is 0 Å². The monoisotopic (exact) mass is 973 g/mol. The van der Waals surface area contributed by atoms with Gasteiger partial charge in [0.25, 0.3) is 0 Å². The van der Waals surface area contributed by atoms with Crippen LogP contribution in [-0.4, -0.2) is 235 Å². The van der Waals surface area contributed by atoms with Gasteiger partial charge in [0.1, 0.15) is 235 Å². The van der Waals surface area contributed by atoms with Crippen LogP contribution in [0.2, 0.25) is 0 Å². The quantitative estimate of drug-likeness (QED) is 0.119. The molecular weight excluding hydrogens is 963 g/mol. The zero-order chi connectivity index (χ0) is 61.2. The average molecular weight is 968 g/mol. The van der Waals surface area contributed by atoms with Crippen molar-refractivity contribution >= 4 is 459 Å². The lowest BCUT2D eigenvalue weighted by molar-refractivity contribution is 1.33. The van der Waals surface area contributed by atoms with E-state index in [0.717, 1.165) is 0 Å². The molecule has 0 aliphatic heterocycles. The minimum absolute atomic E-state index is 0.0227. The lowest BCUT2D eigenvalue weighted by Gasteiger charge is -2.35. The van der Waals surface area contributed by atoms with Gasteiger partial charge in [0.15, 0.2) is 0 Å². The van der Waals surface area contributed by atoms with Crippen molar-refractivity contribution in [2.45, 2.75) is 0 Å². The molecule has 60 radical (unpaired) electrons. The molecule has 0 amide bonds. The van der Waals surface area contributed by atoms with Crippen LogP contribution in [0.5, 0.6) is 0 Å². The van der Waals surface area contributed by atoms with Crippen LogP contribution in [0.4, 0.5) is 17.1 Å². The summed E-state index contributed by atoms with van der Waals surface area (Å²) in [6.45, 7) is 0. The second kappa shape index (κ2) is 21.4. The summed E-state index contributed by atoms with van der Waals surface area (Å²) in [5.41, 5.74) is -1.57. The van der Waals surface area contributed by atoms with Crippen LogP contribution in [0.3, 0.4) is 0 Å². The minimum atomic E-state index is -0.174. The van der Waals surface area contributed by atoms with Gasteiger partial charge in [-0.15, -0.1) is 60.1 Å². The molecule has 0 spiro atoms. The fourth-order valence-corrected chi connectivity index (χ4v) is 11.3. The predicted octanol–water partition coefficient (Wildman–Crippen LogP) is -21.4. The first-order valence-electron chi connectivity index (χ1n) is 24.5. The molecule has 0 bridgehead atoms. The Labute approximate surface area is 524 Å². The Morgan fingerprint density at radius 3 is 0.735 bits per heavy atom. The topological polar surface area (TPSA) is 3.24 Å². The van der Waals surface area contributed by atoms with Gasteiger partial charge in [-0.3, -0.25) is 0 Å². The Morgan fingerprint density at radius 2 is 0.410 bits per heavy atom. The lowest BCUT2D eigenvalue weighted by Crippen LogP contribution is -2.56. The number of rotatable bonds is 6. The van der Waals surface area contributed by atoms with Crippen molar-refractivity contribution in [3.05, 3.63) is 30.3 Å². The predicted molar refractivity (Wildman–Crippen MR) is 389 cm³/mol. The minimum Gasteiger partial charge on any atom is -0.312 e. The SMILES string of the molecule is [B]c1cc(N(c2ccc(-c3c([B])c4c([B])c([B])c([B])c([B])c4c4c([B])c([B])c([B])c([B])c34)c([B])c2[B])c2ccc(-c3c([B])c4c([B])c([B])c([B])c([B])c4c4c([B])c([B])c([B])c([B])c34)c([B])c2[B])c([B])c([B])c1-c1c([B])c([B])c([B])c([B])c1[B]. The third kappa shape index (κ3) is 8.55. The van der Waals surface area contributed by atoms with Crippen LogP contribution in [0.15, 0.2) is 30.3 Å². The van der Waals surface area contributed by atoms with Gasteiger partial charge in [-0.05, 0) is 94.7 Å². The molecule has 10 rings (SSSR count). The number of hydrogen-bond donors (Lipinski definition) is 0. The Morgan fingerprint density at radius 1 is 0.169 bits per heavy atom. The molecule has 83 heavy (non-hydrogen) atoms. The van der Waals surface area contributed by atoms with Crippen LogP contribution in [0.1, 0.15) is 0 Å². The molecule has 0 saturated heterocycles. The van der Waals surface area contributed by atoms with Crippen LogP contribution < -0.4 is 169 Å². The van der Waals surface area contributed by atoms with E-state index in [2.05, 4.69) is 0 Å². The van der Waals surface area contributed by atoms with Crippen molar-refractivity contribution in [1.29, 1.82) is 0 Å². The molecule has 308 valence electrons. The molecule has 0 aliphatic rings. The molecular formula is C52H5B30N. The van der Waals surface area contributed by atoms with Crippen molar-refractivity contribution in [3.8, 4) is 33.4 Å². The summed E-state index contributed by atoms with van der Waals surface area (Å²) in [6.07, 6.45) is 0. The van der Waals surface area contributed by atoms with Gasteiger partial charge in [-0.1, -0.05) is 116 Å². The number of hydrogen-bond acceptors (Lipinski definition) is 1. The zero-order valence-corrected chi connectivity index (χ0v) is 44.2. The second-order valence-electron chi connectivity index (χ2n) is 20.1. The summed E-state index contributed by atoms with van der Waals surface area (Å²) in [4.78, 5) is 1.47. The van der Waals surface area contributed by atoms with Crippen molar-refractivity contribution in [2.75, 3.05) is 4.90 Å². The maximum atomic E-state index is 7.26. The van der Waals surface area contributed by atoms with E-state index in [1.165, 1.54) is 11.0 Å². The van der Waals surface area contributed by atoms with Crippen molar-refractivity contribution < 1.29 is 0 Å². The number of benzene rings is 10. The van der Waals surface area contributed by atoms with Crippen molar-refractivity contribution in [2.24, 2.45) is 0 Å². The highest BCUT2D eigenvalue weighted by atomic mass is 15.1. The summed E-state index contributed by atoms with van der Waals surface area (Å²) in [6, 6.07) is 7.63. The first-order chi connectivity index (χ1) is 38.8. The van der Waals surface area contributed by atoms with Crippen molar-refractivity contribution in [3.63, 3.8) is 0 Å². The standard InChI is InChI=1S/C52H5B30N/c53-8-5-11(28(58)31(61)14(8)21-38(68)50(80)52(82)51(81)39(21)69)83(9-3-1-6(24(54)26(9)56)12-15-17(34(64)44(74)42(72)32(15)62)19-22(29(12)59)40(70)48(78)46(76)36(19)66)10-4-2-7(25(55)27(10)57)13-16-18(35(65)45(75)43(73)33(16)63)20-23(30(13)60)41(71)49(79)47(77)37(20)67/h1-5H. The van der Waals surface area contributed by atoms with Gasteiger partial charge < -0.3 is 4.90 Å². The van der Waals surface area contributed by atoms with Crippen LogP contribution in [0.25, 0.3) is 76.5 Å². The maximum Gasteiger partial charge on any atom is 0.115 e. The van der Waals surface area contributed by atoms with Gasteiger partial charge in [0, 0.05) is 17.1 Å². The molecule has 0 aliphatic carbocycles. The van der Waals surface area contributed by atoms with E-state index in [1.54, 1.807) is 24.3 Å². The van der Waals surface area contributed by atoms with Crippen LogP contribution in [0, 0.1) is 0 Å². The highest BCUT2D eigenvalue weighted by Gasteiger charge is 2.29. The second-order valence-corrected chi connectivity index (χ2v) is 20.1. The fraction of sp³-hybridized carbons (Fsp3) is 0. The number of nitrogens with zero attached hydrogens (tertiary/aromatic N) is 1. The molecule has 0 unspecified atom stereocenters. The number of anilines is 3. The highest BCUT2D eigenvalue weighted by molar-refractivity contribution is 6.77. The van der Waals surface area contributed by atoms with Gasteiger partial charge >= 0.3 is 0 Å². The van der Waals surface area contributed by atoms with Crippen LogP contribution >= 0.6 is 0 Å². The van der Waals surface area contributed by atoms with E-state index in [0.29, 0.717) is 0 Å². The summed E-state index contributed by atoms with van der Waals surface area (Å²) < 4.78 is 0. The maximum absolute atomic E-state index is 7.26. The third-order valence-corrected chi connectivity index (χ3v) is 15.9. The molecule has 10 aromatic rings. The highest BCUT2D eigenvalue weighted by Crippen LogP contribution is 2.36. The zero-order valence-electron chi connectivity index (χ0n) is 44.2. The van der Waals surface area contributed by atoms with Gasteiger partial charge in [0.05, 0.1) is 0 Å². The van der Waals surface area contributed by atoms with Gasteiger partial charge in [-0.2, -0.15) is 0 Å². The Hall–Kier alpha value is -5.01. The van der Waals surface area contributed by atoms with E-state index < -0.39 is 0 Å². The summed E-state index contributed by atoms with van der Waals surface area (Å²) >= 11 is 0. The lowest BCUT2D eigenvalue weighted by atomic mass is 9.57. The van der Waals surface area contributed by atoms with E-state index in [1.807, 2.05) is 0 Å². The molecule has 0 fully saturated rings. The molecule has 0 heterocycles. The molecule has 0 saturated carbocycles. The summed E-state index contributed by atoms with van der Waals surface area (Å²) in [5, 5.41) is 1.31. The van der Waals surface area contributed by atoms with E-state index in [-0.39, 0.29) is 257 Å². The normalized spacial score (nSPS) is 11.6. The van der Waals surface area contributed by atoms with E-state index in [9.17, 15) is 0 Å². The third-order valence-electron chi connectivity index (χ3n) is 15.9. The Bertz CT molecular complexity index is 4430. The molecule has 1 nitrogen and oxygen atoms in total. The average Bonchev–Trinajstić information content (AvgIpc) is 0.997.